The fourth-order valence-corrected chi connectivity index (χ4v) is 3.10. The number of nitrogens with zero attached hydrogens (tertiary/aromatic N) is 2. The summed E-state index contributed by atoms with van der Waals surface area (Å²) in [7, 11) is 0. The zero-order chi connectivity index (χ0) is 21.6. The summed E-state index contributed by atoms with van der Waals surface area (Å²) in [5.74, 6) is 0.871. The number of ether oxygens (including phenoxy) is 2. The third-order valence-corrected chi connectivity index (χ3v) is 4.54. The van der Waals surface area contributed by atoms with E-state index in [-0.39, 0.29) is 12.2 Å². The topological polar surface area (TPSA) is 69.9 Å². The van der Waals surface area contributed by atoms with Gasteiger partial charge in [-0.3, -0.25) is 9.20 Å². The molecule has 0 bridgehead atoms. The number of fused-ring (bicyclic) bond motifs is 1. The van der Waals surface area contributed by atoms with Crippen molar-refractivity contribution in [1.29, 1.82) is 0 Å². The number of carbonyl (C=O) groups excluding carboxylic acids is 1. The summed E-state index contributed by atoms with van der Waals surface area (Å²) < 4.78 is 12.5. The number of hydrogen-bond acceptors (Lipinski definition) is 5. The Kier molecular flexibility index (Phi) is 5.89. The van der Waals surface area contributed by atoms with Crippen molar-refractivity contribution >= 4 is 17.7 Å². The number of rotatable bonds is 6. The van der Waals surface area contributed by atoms with Gasteiger partial charge in [-0.15, -0.1) is 0 Å². The molecule has 154 valence electrons. The van der Waals surface area contributed by atoms with Crippen molar-refractivity contribution in [2.75, 3.05) is 0 Å². The molecular formula is C25H20N2O4. The normalized spacial score (nSPS) is 11.0. The summed E-state index contributed by atoms with van der Waals surface area (Å²) in [4.78, 5) is 28.8. The summed E-state index contributed by atoms with van der Waals surface area (Å²) in [6, 6.07) is 23.6. The highest BCUT2D eigenvalue weighted by molar-refractivity contribution is 5.87. The van der Waals surface area contributed by atoms with E-state index in [1.165, 1.54) is 16.5 Å². The number of benzene rings is 2. The molecule has 2 aromatic carbocycles. The highest BCUT2D eigenvalue weighted by atomic mass is 16.5. The Hall–Kier alpha value is -4.19. The molecule has 0 amide bonds. The Morgan fingerprint density at radius 2 is 1.74 bits per heavy atom. The van der Waals surface area contributed by atoms with Gasteiger partial charge in [-0.25, -0.2) is 9.78 Å². The van der Waals surface area contributed by atoms with E-state index in [0.29, 0.717) is 17.1 Å². The number of para-hydroxylation sites is 1. The van der Waals surface area contributed by atoms with Gasteiger partial charge >= 0.3 is 5.97 Å². The minimum Gasteiger partial charge on any atom is -0.457 e. The summed E-state index contributed by atoms with van der Waals surface area (Å²) in [6.45, 7) is 1.75. The quantitative estimate of drug-likeness (QED) is 0.343. The van der Waals surface area contributed by atoms with Crippen molar-refractivity contribution in [2.45, 2.75) is 13.5 Å². The third kappa shape index (κ3) is 5.05. The van der Waals surface area contributed by atoms with Gasteiger partial charge in [0.05, 0.1) is 5.69 Å². The van der Waals surface area contributed by atoms with E-state index in [9.17, 15) is 9.59 Å². The van der Waals surface area contributed by atoms with E-state index >= 15 is 0 Å². The first-order valence-corrected chi connectivity index (χ1v) is 9.74. The lowest BCUT2D eigenvalue weighted by Crippen LogP contribution is -2.18. The number of hydrogen-bond donors (Lipinski definition) is 0. The van der Waals surface area contributed by atoms with Crippen molar-refractivity contribution in [3.8, 4) is 11.5 Å². The van der Waals surface area contributed by atoms with Crippen LogP contribution in [0.3, 0.4) is 0 Å². The van der Waals surface area contributed by atoms with Gasteiger partial charge in [-0.2, -0.15) is 0 Å². The molecule has 0 saturated carbocycles. The second-order valence-electron chi connectivity index (χ2n) is 6.88. The predicted molar refractivity (Wildman–Crippen MR) is 118 cm³/mol. The van der Waals surface area contributed by atoms with Crippen LogP contribution >= 0.6 is 0 Å². The van der Waals surface area contributed by atoms with E-state index in [0.717, 1.165) is 17.0 Å². The molecule has 0 spiro atoms. The first kappa shape index (κ1) is 20.1. The minimum atomic E-state index is -0.527. The maximum Gasteiger partial charge on any atom is 0.331 e. The minimum absolute atomic E-state index is 0.0833. The maximum atomic E-state index is 12.3. The van der Waals surface area contributed by atoms with Crippen molar-refractivity contribution in [1.82, 2.24) is 9.38 Å². The van der Waals surface area contributed by atoms with Gasteiger partial charge in [0, 0.05) is 17.8 Å². The van der Waals surface area contributed by atoms with E-state index in [1.54, 1.807) is 12.1 Å². The summed E-state index contributed by atoms with van der Waals surface area (Å²) in [5, 5.41) is 0. The average molecular weight is 412 g/mol. The fourth-order valence-electron chi connectivity index (χ4n) is 3.10. The van der Waals surface area contributed by atoms with Crippen LogP contribution in [0.4, 0.5) is 0 Å². The zero-order valence-corrected chi connectivity index (χ0v) is 16.9. The van der Waals surface area contributed by atoms with Gasteiger partial charge in [-0.1, -0.05) is 36.4 Å². The first-order valence-electron chi connectivity index (χ1n) is 9.74. The molecule has 0 unspecified atom stereocenters. The molecule has 2 heterocycles. The lowest BCUT2D eigenvalue weighted by Gasteiger charge is -2.07. The summed E-state index contributed by atoms with van der Waals surface area (Å²) >= 11 is 0. The van der Waals surface area contributed by atoms with Gasteiger partial charge in [0.2, 0.25) is 0 Å². The molecule has 31 heavy (non-hydrogen) atoms. The van der Waals surface area contributed by atoms with E-state index < -0.39 is 5.97 Å². The van der Waals surface area contributed by atoms with E-state index in [1.807, 2.05) is 73.7 Å². The predicted octanol–water partition coefficient (Wildman–Crippen LogP) is 4.55. The molecule has 6 heteroatoms. The Balaban J connectivity index is 1.39. The van der Waals surface area contributed by atoms with Crippen LogP contribution in [0, 0.1) is 6.92 Å². The van der Waals surface area contributed by atoms with Crippen molar-refractivity contribution in [3.63, 3.8) is 0 Å². The number of carbonyl (C=O) groups is 1. The molecule has 0 aliphatic heterocycles. The first-order chi connectivity index (χ1) is 15.1. The average Bonchev–Trinajstić information content (AvgIpc) is 2.77. The summed E-state index contributed by atoms with van der Waals surface area (Å²) in [6.07, 6.45) is 2.98. The molecule has 0 aliphatic carbocycles. The van der Waals surface area contributed by atoms with Crippen LogP contribution in [-0.2, 0) is 16.1 Å². The second kappa shape index (κ2) is 9.09. The number of aryl methyl sites for hydroxylation is 1. The van der Waals surface area contributed by atoms with Gasteiger partial charge in [-0.05, 0) is 55.0 Å². The van der Waals surface area contributed by atoms with Gasteiger partial charge in [0.15, 0.2) is 0 Å². The zero-order valence-electron chi connectivity index (χ0n) is 16.9. The molecule has 2 aromatic heterocycles. The highest BCUT2D eigenvalue weighted by Gasteiger charge is 2.06. The molecule has 0 atom stereocenters. The van der Waals surface area contributed by atoms with Crippen LogP contribution in [0.1, 0.15) is 17.0 Å². The van der Waals surface area contributed by atoms with Crippen LogP contribution in [0.25, 0.3) is 11.7 Å². The largest absolute Gasteiger partial charge is 0.457 e. The molecule has 0 radical (unpaired) electrons. The Morgan fingerprint density at radius 1 is 0.968 bits per heavy atom. The standard InChI is InChI=1S/C25H20N2O4/c1-18-7-5-12-23-26-20(16-24(28)27(18)23)17-30-25(29)14-13-19-8-6-11-22(15-19)31-21-9-3-2-4-10-21/h2-16H,17H2,1H3/b14-13+. The van der Waals surface area contributed by atoms with E-state index in [2.05, 4.69) is 4.98 Å². The second-order valence-corrected chi connectivity index (χ2v) is 6.88. The Labute approximate surface area is 179 Å². The molecule has 0 aliphatic rings. The van der Waals surface area contributed by atoms with Crippen molar-refractivity contribution in [3.05, 3.63) is 112 Å². The van der Waals surface area contributed by atoms with Crippen molar-refractivity contribution in [2.24, 2.45) is 0 Å². The lowest BCUT2D eigenvalue weighted by molar-refractivity contribution is -0.139. The molecule has 0 N–H and O–H groups in total. The Morgan fingerprint density at radius 3 is 2.58 bits per heavy atom. The van der Waals surface area contributed by atoms with Crippen LogP contribution in [0.5, 0.6) is 11.5 Å². The van der Waals surface area contributed by atoms with Crippen LogP contribution in [0.15, 0.2) is 89.7 Å². The number of aromatic nitrogens is 2. The number of pyridine rings is 1. The van der Waals surface area contributed by atoms with Gasteiger partial charge < -0.3 is 9.47 Å². The monoisotopic (exact) mass is 412 g/mol. The fraction of sp³-hybridized carbons (Fsp3) is 0.0800. The SMILES string of the molecule is Cc1cccc2nc(COC(=O)/C=C/c3cccc(Oc4ccccc4)c3)cc(=O)n12. The van der Waals surface area contributed by atoms with Crippen LogP contribution in [-0.4, -0.2) is 15.4 Å². The van der Waals surface area contributed by atoms with Gasteiger partial charge in [0.25, 0.3) is 5.56 Å². The number of esters is 1. The van der Waals surface area contributed by atoms with Crippen LogP contribution < -0.4 is 10.3 Å². The highest BCUT2D eigenvalue weighted by Crippen LogP contribution is 2.22. The maximum absolute atomic E-state index is 12.3. The molecule has 6 nitrogen and oxygen atoms in total. The Bertz CT molecular complexity index is 1310. The molecular weight excluding hydrogens is 392 g/mol. The molecule has 0 saturated heterocycles. The summed E-state index contributed by atoms with van der Waals surface area (Å²) in [5.41, 5.74) is 2.29. The smallest absolute Gasteiger partial charge is 0.331 e. The molecule has 4 aromatic rings. The molecule has 4 rings (SSSR count). The molecule has 0 fully saturated rings. The third-order valence-electron chi connectivity index (χ3n) is 4.54. The van der Waals surface area contributed by atoms with E-state index in [4.69, 9.17) is 9.47 Å². The van der Waals surface area contributed by atoms with Crippen LogP contribution in [0.2, 0.25) is 0 Å². The van der Waals surface area contributed by atoms with Crippen molar-refractivity contribution < 1.29 is 14.3 Å². The lowest BCUT2D eigenvalue weighted by atomic mass is 10.2. The van der Waals surface area contributed by atoms with Gasteiger partial charge in [0.1, 0.15) is 23.8 Å².